The Bertz CT molecular complexity index is 1100. The maximum Gasteiger partial charge on any atom is 0.204 e. The minimum Gasteiger partial charge on any atom is -0.502 e. The smallest absolute Gasteiger partial charge is 0.204 e. The second-order valence-electron chi connectivity index (χ2n) is 9.43. The third-order valence-electron chi connectivity index (χ3n) is 6.87. The fraction of sp³-hybridized carbons (Fsp3) is 0.556. The number of rotatable bonds is 10. The number of methoxy groups -OCH3 is 3. The van der Waals surface area contributed by atoms with Crippen LogP contribution in [0.5, 0.6) is 34.5 Å². The maximum absolute atomic E-state index is 10.3. The van der Waals surface area contributed by atoms with Crippen LogP contribution in [0, 0.1) is 0 Å². The molecular formula is C27H36O12. The van der Waals surface area contributed by atoms with Crippen molar-refractivity contribution in [1.82, 2.24) is 0 Å². The summed E-state index contributed by atoms with van der Waals surface area (Å²) in [5.41, 5.74) is 1.42. The summed E-state index contributed by atoms with van der Waals surface area (Å²) < 4.78 is 39.5. The molecule has 0 bridgehead atoms. The molecule has 2 aromatic carbocycles. The first-order valence-electron chi connectivity index (χ1n) is 12.6. The molecule has 2 aromatic rings. The van der Waals surface area contributed by atoms with Crippen LogP contribution in [0.25, 0.3) is 0 Å². The third-order valence-corrected chi connectivity index (χ3v) is 6.87. The summed E-state index contributed by atoms with van der Waals surface area (Å²) in [5, 5.41) is 50.3. The summed E-state index contributed by atoms with van der Waals surface area (Å²) in [7, 11) is 4.34. The SMILES string of the molecule is COc1cc([C@H]2Oc3cc(CCCO[C@@H]4O[C@@H](C)[C@H](O)[C@@H](O)[C@H]4O)cc(OC)c3O[C@@H]2CO)cc(OC)c1O. The summed E-state index contributed by atoms with van der Waals surface area (Å²) in [5.74, 6) is 1.40. The molecule has 0 unspecified atom stereocenters. The van der Waals surface area contributed by atoms with E-state index < -0.39 is 42.9 Å². The minimum absolute atomic E-state index is 0.154. The molecule has 1 fully saturated rings. The van der Waals surface area contributed by atoms with Crippen molar-refractivity contribution in [3.63, 3.8) is 0 Å². The van der Waals surface area contributed by atoms with Gasteiger partial charge in [-0.05, 0) is 49.6 Å². The van der Waals surface area contributed by atoms with Gasteiger partial charge in [0.1, 0.15) is 18.3 Å². The van der Waals surface area contributed by atoms with E-state index in [1.807, 2.05) is 6.07 Å². The summed E-state index contributed by atoms with van der Waals surface area (Å²) >= 11 is 0. The molecule has 1 saturated heterocycles. The van der Waals surface area contributed by atoms with Gasteiger partial charge in [-0.2, -0.15) is 0 Å². The second-order valence-corrected chi connectivity index (χ2v) is 9.43. The highest BCUT2D eigenvalue weighted by atomic mass is 16.7. The zero-order chi connectivity index (χ0) is 28.3. The van der Waals surface area contributed by atoms with Gasteiger partial charge in [0, 0.05) is 5.56 Å². The van der Waals surface area contributed by atoms with Gasteiger partial charge in [-0.3, -0.25) is 0 Å². The number of ether oxygens (including phenoxy) is 7. The number of aryl methyl sites for hydroxylation is 1. The van der Waals surface area contributed by atoms with Crippen molar-refractivity contribution in [2.75, 3.05) is 34.5 Å². The molecule has 7 atom stereocenters. The molecule has 4 rings (SSSR count). The Labute approximate surface area is 226 Å². The van der Waals surface area contributed by atoms with E-state index in [1.54, 1.807) is 25.1 Å². The lowest BCUT2D eigenvalue weighted by atomic mass is 10.00. The van der Waals surface area contributed by atoms with E-state index in [0.29, 0.717) is 35.7 Å². The highest BCUT2D eigenvalue weighted by Crippen LogP contribution is 2.48. The van der Waals surface area contributed by atoms with Crippen molar-refractivity contribution in [3.05, 3.63) is 35.4 Å². The van der Waals surface area contributed by atoms with Crippen LogP contribution in [0.1, 0.15) is 30.6 Å². The van der Waals surface area contributed by atoms with Crippen molar-refractivity contribution in [1.29, 1.82) is 0 Å². The van der Waals surface area contributed by atoms with Crippen LogP contribution in [0.15, 0.2) is 24.3 Å². The Morgan fingerprint density at radius 2 is 1.51 bits per heavy atom. The molecule has 12 heteroatoms. The molecule has 0 amide bonds. The molecule has 2 aliphatic rings. The molecule has 2 aliphatic heterocycles. The van der Waals surface area contributed by atoms with Gasteiger partial charge < -0.3 is 58.7 Å². The van der Waals surface area contributed by atoms with Gasteiger partial charge in [-0.25, -0.2) is 0 Å². The average molecular weight is 553 g/mol. The summed E-state index contributed by atoms with van der Waals surface area (Å²) in [4.78, 5) is 0. The van der Waals surface area contributed by atoms with Crippen molar-refractivity contribution < 1.29 is 58.7 Å². The van der Waals surface area contributed by atoms with Crippen molar-refractivity contribution >= 4 is 0 Å². The quantitative estimate of drug-likeness (QED) is 0.267. The fourth-order valence-electron chi connectivity index (χ4n) is 4.68. The Balaban J connectivity index is 1.49. The van der Waals surface area contributed by atoms with Gasteiger partial charge >= 0.3 is 0 Å². The zero-order valence-corrected chi connectivity index (χ0v) is 22.3. The number of aliphatic hydroxyl groups is 4. The van der Waals surface area contributed by atoms with E-state index in [0.717, 1.165) is 5.56 Å². The fourth-order valence-corrected chi connectivity index (χ4v) is 4.68. The van der Waals surface area contributed by atoms with E-state index in [-0.39, 0.29) is 30.5 Å². The molecule has 39 heavy (non-hydrogen) atoms. The molecular weight excluding hydrogens is 516 g/mol. The number of phenolic OH excluding ortho intramolecular Hbond substituents is 1. The van der Waals surface area contributed by atoms with Crippen LogP contribution in [-0.4, -0.2) is 96.9 Å². The monoisotopic (exact) mass is 552 g/mol. The third kappa shape index (κ3) is 5.96. The Kier molecular flexibility index (Phi) is 9.26. The van der Waals surface area contributed by atoms with E-state index in [9.17, 15) is 25.5 Å². The summed E-state index contributed by atoms with van der Waals surface area (Å²) in [6.45, 7) is 1.46. The molecule has 0 saturated carbocycles. The number of hydrogen-bond donors (Lipinski definition) is 5. The van der Waals surface area contributed by atoms with Crippen molar-refractivity contribution in [2.45, 2.75) is 62.7 Å². The Morgan fingerprint density at radius 1 is 0.846 bits per heavy atom. The van der Waals surface area contributed by atoms with Crippen LogP contribution < -0.4 is 23.7 Å². The van der Waals surface area contributed by atoms with Gasteiger partial charge in [0.25, 0.3) is 0 Å². The highest BCUT2D eigenvalue weighted by molar-refractivity contribution is 5.57. The largest absolute Gasteiger partial charge is 0.502 e. The lowest BCUT2D eigenvalue weighted by Crippen LogP contribution is -2.57. The standard InChI is InChI=1S/C27H36O12/c1-13-21(29)23(31)24(32)27(37-13)36-7-5-6-14-8-18(35-4)26-19(9-14)38-25(20(12-28)39-26)15-10-16(33-2)22(30)17(11-15)34-3/h8-11,13,20-21,23-25,27-32H,5-7,12H2,1-4H3/t13-,20+,21-,23+,24+,25+,27+/m0/s1. The van der Waals surface area contributed by atoms with Crippen LogP contribution in [0.3, 0.4) is 0 Å². The predicted octanol–water partition coefficient (Wildman–Crippen LogP) is 1.07. The van der Waals surface area contributed by atoms with Crippen LogP contribution in [0.2, 0.25) is 0 Å². The molecule has 5 N–H and O–H groups in total. The van der Waals surface area contributed by atoms with E-state index in [1.165, 1.54) is 21.3 Å². The first kappa shape index (κ1) is 29.0. The maximum atomic E-state index is 10.3. The molecule has 2 heterocycles. The van der Waals surface area contributed by atoms with Crippen molar-refractivity contribution in [2.24, 2.45) is 0 Å². The normalized spacial score (nSPS) is 28.2. The Morgan fingerprint density at radius 3 is 2.13 bits per heavy atom. The van der Waals surface area contributed by atoms with Gasteiger partial charge in [-0.1, -0.05) is 0 Å². The van der Waals surface area contributed by atoms with Gasteiger partial charge in [-0.15, -0.1) is 0 Å². The van der Waals surface area contributed by atoms with Crippen LogP contribution >= 0.6 is 0 Å². The topological polar surface area (TPSA) is 166 Å². The number of hydrogen-bond acceptors (Lipinski definition) is 12. The van der Waals surface area contributed by atoms with Crippen LogP contribution in [-0.2, 0) is 15.9 Å². The summed E-state index contributed by atoms with van der Waals surface area (Å²) in [6, 6.07) is 6.80. The number of fused-ring (bicyclic) bond motifs is 1. The molecule has 0 spiro atoms. The van der Waals surface area contributed by atoms with E-state index in [2.05, 4.69) is 0 Å². The molecule has 0 radical (unpaired) electrons. The van der Waals surface area contributed by atoms with Crippen LogP contribution in [0.4, 0.5) is 0 Å². The zero-order valence-electron chi connectivity index (χ0n) is 22.3. The first-order chi connectivity index (χ1) is 18.7. The highest BCUT2D eigenvalue weighted by Gasteiger charge is 2.42. The summed E-state index contributed by atoms with van der Waals surface area (Å²) in [6.07, 6.45) is -6.08. The average Bonchev–Trinajstić information content (AvgIpc) is 2.95. The Hall–Kier alpha value is -3.00. The minimum atomic E-state index is -1.36. The number of aliphatic hydroxyl groups excluding tert-OH is 4. The second kappa shape index (κ2) is 12.5. The molecule has 12 nitrogen and oxygen atoms in total. The predicted molar refractivity (Wildman–Crippen MR) is 136 cm³/mol. The van der Waals surface area contributed by atoms with Gasteiger partial charge in [0.05, 0.1) is 40.6 Å². The molecule has 216 valence electrons. The first-order valence-corrected chi connectivity index (χ1v) is 12.6. The van der Waals surface area contributed by atoms with E-state index >= 15 is 0 Å². The van der Waals surface area contributed by atoms with Crippen molar-refractivity contribution in [3.8, 4) is 34.5 Å². The molecule has 0 aliphatic carbocycles. The van der Waals surface area contributed by atoms with Gasteiger partial charge in [0.2, 0.25) is 11.5 Å². The lowest BCUT2D eigenvalue weighted by molar-refractivity contribution is -0.293. The number of aromatic hydroxyl groups is 1. The van der Waals surface area contributed by atoms with Gasteiger partial charge in [0.15, 0.2) is 41.5 Å². The number of benzene rings is 2. The number of phenols is 1. The molecule has 0 aromatic heterocycles. The lowest BCUT2D eigenvalue weighted by Gasteiger charge is -2.38. The van der Waals surface area contributed by atoms with E-state index in [4.69, 9.17) is 33.2 Å².